The first-order valence-corrected chi connectivity index (χ1v) is 18.3. The molecule has 0 saturated carbocycles. The van der Waals surface area contributed by atoms with Crippen molar-refractivity contribution in [1.29, 1.82) is 0 Å². The molecular formula is C21H36OSSn. The Morgan fingerprint density at radius 3 is 1.71 bits per heavy atom. The fourth-order valence-corrected chi connectivity index (χ4v) is 24.2. The fourth-order valence-electron chi connectivity index (χ4n) is 3.34. The minimum atomic E-state index is -2.61. The molecule has 0 spiro atoms. The van der Waals surface area contributed by atoms with Gasteiger partial charge in [0.2, 0.25) is 0 Å². The zero-order chi connectivity index (χ0) is 18.0. The summed E-state index contributed by atoms with van der Waals surface area (Å²) >= 11 is -2.61. The van der Waals surface area contributed by atoms with Gasteiger partial charge in [-0.25, -0.2) is 0 Å². The summed E-state index contributed by atoms with van der Waals surface area (Å²) in [4.78, 5) is 0.955. The van der Waals surface area contributed by atoms with E-state index in [2.05, 4.69) is 46.4 Å². The number of hydrogen-bond acceptors (Lipinski definition) is 1. The second-order valence-corrected chi connectivity index (χ2v) is 22.9. The third-order valence-electron chi connectivity index (χ3n) is 5.08. The standard InChI is InChI=1S/C9H9OS.3C4H9.Sn/c1-3-11(10)9-6-4-8(2)5-7-9;3*1-3-4-2;/h4-7H,1H2,2H3;3*1,3-4H2,2H3;/t11-;;;;/m1..../s1. The molecule has 0 bridgehead atoms. The molecular weight excluding hydrogens is 419 g/mol. The quantitative estimate of drug-likeness (QED) is 0.310. The first-order valence-electron chi connectivity index (χ1n) is 9.68. The van der Waals surface area contributed by atoms with Crippen molar-refractivity contribution in [2.75, 3.05) is 0 Å². The normalized spacial score (nSPS) is 13.0. The van der Waals surface area contributed by atoms with Gasteiger partial charge < -0.3 is 0 Å². The Bertz CT molecular complexity index is 499. The molecule has 0 aromatic heterocycles. The van der Waals surface area contributed by atoms with Gasteiger partial charge in [0.15, 0.2) is 0 Å². The van der Waals surface area contributed by atoms with E-state index in [1.165, 1.54) is 60.3 Å². The Morgan fingerprint density at radius 2 is 1.33 bits per heavy atom. The summed E-state index contributed by atoms with van der Waals surface area (Å²) in [5, 5.41) is 0. The Kier molecular flexibility index (Phi) is 10.5. The molecule has 1 nitrogen and oxygen atoms in total. The van der Waals surface area contributed by atoms with Crippen molar-refractivity contribution in [3.63, 3.8) is 0 Å². The molecule has 0 saturated heterocycles. The van der Waals surface area contributed by atoms with Crippen molar-refractivity contribution in [1.82, 2.24) is 0 Å². The Labute approximate surface area is 156 Å². The average Bonchev–Trinajstić information content (AvgIpc) is 2.61. The van der Waals surface area contributed by atoms with Crippen LogP contribution in [0.2, 0.25) is 13.3 Å². The summed E-state index contributed by atoms with van der Waals surface area (Å²) in [6.07, 6.45) is 7.57. The van der Waals surface area contributed by atoms with Crippen LogP contribution in [0.1, 0.15) is 64.9 Å². The van der Waals surface area contributed by atoms with Crippen LogP contribution >= 0.6 is 0 Å². The summed E-state index contributed by atoms with van der Waals surface area (Å²) in [6.45, 7) is 13.4. The molecule has 136 valence electrons. The van der Waals surface area contributed by atoms with E-state index < -0.39 is 29.2 Å². The molecule has 24 heavy (non-hydrogen) atoms. The summed E-state index contributed by atoms with van der Waals surface area (Å²) in [6, 6.07) is 8.21. The van der Waals surface area contributed by atoms with E-state index in [0.29, 0.717) is 0 Å². The molecule has 0 fully saturated rings. The molecule has 0 unspecified atom stereocenters. The van der Waals surface area contributed by atoms with Gasteiger partial charge in [-0.05, 0) is 0 Å². The zero-order valence-corrected chi connectivity index (χ0v) is 19.9. The van der Waals surface area contributed by atoms with Crippen LogP contribution in [0.25, 0.3) is 0 Å². The summed E-state index contributed by atoms with van der Waals surface area (Å²) < 4.78 is 18.4. The molecule has 1 rings (SSSR count). The van der Waals surface area contributed by atoms with Gasteiger partial charge in [0.05, 0.1) is 0 Å². The third kappa shape index (κ3) is 6.33. The van der Waals surface area contributed by atoms with E-state index >= 15 is 0 Å². The molecule has 0 amide bonds. The van der Waals surface area contributed by atoms with Gasteiger partial charge in [-0.3, -0.25) is 0 Å². The van der Waals surface area contributed by atoms with Crippen molar-refractivity contribution in [2.24, 2.45) is 0 Å². The second kappa shape index (κ2) is 11.5. The SMILES string of the molecule is C=[C]([S@@](=O)c1ccc(C)cc1)[Sn]([CH2]CCC)([CH2]CCC)[CH2]CCC. The molecule has 0 aliphatic heterocycles. The number of benzene rings is 1. The van der Waals surface area contributed by atoms with Crippen molar-refractivity contribution in [3.8, 4) is 0 Å². The van der Waals surface area contributed by atoms with Gasteiger partial charge in [0, 0.05) is 0 Å². The van der Waals surface area contributed by atoms with Crippen molar-refractivity contribution in [3.05, 3.63) is 39.3 Å². The molecule has 1 aromatic carbocycles. The summed E-state index contributed by atoms with van der Waals surface area (Å²) in [5.74, 6) is 0. The maximum absolute atomic E-state index is 13.3. The first-order chi connectivity index (χ1) is 11.5. The Balaban J connectivity index is 3.09. The van der Waals surface area contributed by atoms with Crippen LogP contribution in [-0.2, 0) is 10.8 Å². The van der Waals surface area contributed by atoms with Crippen LogP contribution in [-0.4, -0.2) is 22.6 Å². The van der Waals surface area contributed by atoms with E-state index in [-0.39, 0.29) is 0 Å². The molecule has 1 atom stereocenters. The van der Waals surface area contributed by atoms with E-state index in [1.54, 1.807) is 0 Å². The topological polar surface area (TPSA) is 17.1 Å². The van der Waals surface area contributed by atoms with E-state index in [4.69, 9.17) is 0 Å². The van der Waals surface area contributed by atoms with Crippen molar-refractivity contribution in [2.45, 2.75) is 84.4 Å². The first kappa shape index (κ1) is 22.0. The van der Waals surface area contributed by atoms with Gasteiger partial charge in [-0.15, -0.1) is 0 Å². The zero-order valence-electron chi connectivity index (χ0n) is 16.2. The molecule has 0 heterocycles. The van der Waals surface area contributed by atoms with Crippen LogP contribution in [0.3, 0.4) is 0 Å². The van der Waals surface area contributed by atoms with E-state index in [0.717, 1.165) is 4.90 Å². The van der Waals surface area contributed by atoms with Gasteiger partial charge >= 0.3 is 157 Å². The summed E-state index contributed by atoms with van der Waals surface area (Å²) in [5.41, 5.74) is 1.22. The summed E-state index contributed by atoms with van der Waals surface area (Å²) in [7, 11) is -1.02. The van der Waals surface area contributed by atoms with Gasteiger partial charge in [0.1, 0.15) is 0 Å². The monoisotopic (exact) mass is 456 g/mol. The van der Waals surface area contributed by atoms with Gasteiger partial charge in [0.25, 0.3) is 0 Å². The van der Waals surface area contributed by atoms with Crippen LogP contribution in [0.4, 0.5) is 0 Å². The molecule has 0 aliphatic carbocycles. The number of unbranched alkanes of at least 4 members (excludes halogenated alkanes) is 3. The van der Waals surface area contributed by atoms with Crippen molar-refractivity contribution < 1.29 is 4.21 Å². The van der Waals surface area contributed by atoms with Gasteiger partial charge in [-0.2, -0.15) is 0 Å². The molecule has 0 N–H and O–H groups in total. The predicted molar refractivity (Wildman–Crippen MR) is 112 cm³/mol. The van der Waals surface area contributed by atoms with Crippen molar-refractivity contribution >= 4 is 29.2 Å². The number of hydrogen-bond donors (Lipinski definition) is 0. The molecule has 1 aromatic rings. The average molecular weight is 455 g/mol. The van der Waals surface area contributed by atoms with Crippen LogP contribution in [0, 0.1) is 6.92 Å². The Hall–Kier alpha value is -0.0913. The van der Waals surface area contributed by atoms with E-state index in [9.17, 15) is 4.21 Å². The van der Waals surface area contributed by atoms with Gasteiger partial charge in [-0.1, -0.05) is 0 Å². The number of rotatable bonds is 12. The Morgan fingerprint density at radius 1 is 0.917 bits per heavy atom. The maximum atomic E-state index is 13.3. The third-order valence-corrected chi connectivity index (χ3v) is 25.3. The number of aryl methyl sites for hydroxylation is 1. The molecule has 0 aliphatic rings. The van der Waals surface area contributed by atoms with Crippen LogP contribution in [0.5, 0.6) is 0 Å². The predicted octanol–water partition coefficient (Wildman–Crippen LogP) is 7.00. The fraction of sp³-hybridized carbons (Fsp3) is 0.619. The molecule has 3 heteroatoms. The van der Waals surface area contributed by atoms with Crippen LogP contribution < -0.4 is 0 Å². The van der Waals surface area contributed by atoms with E-state index in [1.807, 2.05) is 12.1 Å². The minimum absolute atomic E-state index is 0.955. The van der Waals surface area contributed by atoms with Crippen LogP contribution in [0.15, 0.2) is 38.7 Å². The second-order valence-electron chi connectivity index (χ2n) is 7.10. The molecule has 0 radical (unpaired) electrons.